The average Bonchev–Trinajstić information content (AvgIpc) is 2.54. The SMILES string of the molecule is OCC1O[C@@H](OC2C(O)C(O)C(O)C(O)[C@@H]2O)C(O)[C@H](O)[C@H]1O. The third-order valence-corrected chi connectivity index (χ3v) is 4.21. The number of hydrogen-bond donors (Lipinski definition) is 9. The minimum Gasteiger partial charge on any atom is -0.394 e. The van der Waals surface area contributed by atoms with E-state index in [1.807, 2.05) is 0 Å². The van der Waals surface area contributed by atoms with Crippen LogP contribution in [0.25, 0.3) is 0 Å². The van der Waals surface area contributed by atoms with Crippen molar-refractivity contribution in [1.29, 1.82) is 0 Å². The number of aliphatic hydroxyl groups is 9. The van der Waals surface area contributed by atoms with Gasteiger partial charge in [0.1, 0.15) is 61.0 Å². The minimum atomic E-state index is -1.83. The fourth-order valence-corrected chi connectivity index (χ4v) is 2.69. The van der Waals surface area contributed by atoms with Gasteiger partial charge in [0.15, 0.2) is 6.29 Å². The van der Waals surface area contributed by atoms with Gasteiger partial charge in [0.05, 0.1) is 6.61 Å². The van der Waals surface area contributed by atoms with Crippen LogP contribution in [0.5, 0.6) is 0 Å². The third-order valence-electron chi connectivity index (χ3n) is 4.21. The smallest absolute Gasteiger partial charge is 0.187 e. The molecule has 9 N–H and O–H groups in total. The molecule has 1 aliphatic heterocycles. The molecule has 0 bridgehead atoms. The van der Waals surface area contributed by atoms with Crippen LogP contribution in [0.2, 0.25) is 0 Å². The number of ether oxygens (including phenoxy) is 2. The molecule has 0 radical (unpaired) electrons. The predicted octanol–water partition coefficient (Wildman–Crippen LogP) is -6.01. The van der Waals surface area contributed by atoms with Crippen LogP contribution in [-0.4, -0.2) is 120 Å². The first kappa shape index (κ1) is 18.9. The number of hydrogen-bond acceptors (Lipinski definition) is 11. The second-order valence-electron chi connectivity index (χ2n) is 5.75. The summed E-state index contributed by atoms with van der Waals surface area (Å²) in [6, 6.07) is 0. The van der Waals surface area contributed by atoms with Crippen molar-refractivity contribution in [3.8, 4) is 0 Å². The molecule has 1 heterocycles. The fraction of sp³-hybridized carbons (Fsp3) is 1.00. The largest absolute Gasteiger partial charge is 0.394 e. The van der Waals surface area contributed by atoms with Gasteiger partial charge < -0.3 is 55.4 Å². The maximum absolute atomic E-state index is 9.85. The Morgan fingerprint density at radius 1 is 0.609 bits per heavy atom. The van der Waals surface area contributed by atoms with Gasteiger partial charge in [0.2, 0.25) is 0 Å². The molecule has 2 aliphatic rings. The summed E-state index contributed by atoms with van der Waals surface area (Å²) in [6.07, 6.45) is -18.9. The molecule has 0 aromatic rings. The van der Waals surface area contributed by atoms with Crippen LogP contribution >= 0.6 is 0 Å². The highest BCUT2D eigenvalue weighted by Crippen LogP contribution is 2.29. The lowest BCUT2D eigenvalue weighted by Gasteiger charge is -2.45. The van der Waals surface area contributed by atoms with Gasteiger partial charge in [-0.2, -0.15) is 0 Å². The maximum Gasteiger partial charge on any atom is 0.187 e. The lowest BCUT2D eigenvalue weighted by atomic mass is 9.84. The van der Waals surface area contributed by atoms with E-state index in [0.717, 1.165) is 0 Å². The van der Waals surface area contributed by atoms with Crippen LogP contribution in [0.1, 0.15) is 0 Å². The summed E-state index contributed by atoms with van der Waals surface area (Å²) in [5, 5.41) is 86.6. The minimum absolute atomic E-state index is 0.704. The van der Waals surface area contributed by atoms with Crippen molar-refractivity contribution in [3.63, 3.8) is 0 Å². The average molecular weight is 342 g/mol. The molecule has 136 valence electrons. The summed E-state index contributed by atoms with van der Waals surface area (Å²) in [5.41, 5.74) is 0. The van der Waals surface area contributed by atoms with E-state index in [2.05, 4.69) is 0 Å². The van der Waals surface area contributed by atoms with Crippen molar-refractivity contribution in [2.75, 3.05) is 6.61 Å². The molecule has 1 aliphatic carbocycles. The zero-order valence-electron chi connectivity index (χ0n) is 11.9. The topological polar surface area (TPSA) is 201 Å². The van der Waals surface area contributed by atoms with Crippen molar-refractivity contribution in [1.82, 2.24) is 0 Å². The molecule has 11 nitrogen and oxygen atoms in total. The van der Waals surface area contributed by atoms with Crippen LogP contribution < -0.4 is 0 Å². The van der Waals surface area contributed by atoms with Crippen LogP contribution in [0.3, 0.4) is 0 Å². The zero-order chi connectivity index (χ0) is 17.5. The van der Waals surface area contributed by atoms with Crippen LogP contribution in [-0.2, 0) is 9.47 Å². The van der Waals surface area contributed by atoms with Crippen LogP contribution in [0.15, 0.2) is 0 Å². The summed E-state index contributed by atoms with van der Waals surface area (Å²) in [6.45, 7) is -0.704. The monoisotopic (exact) mass is 342 g/mol. The summed E-state index contributed by atoms with van der Waals surface area (Å²) in [5.74, 6) is 0. The lowest BCUT2D eigenvalue weighted by molar-refractivity contribution is -0.339. The summed E-state index contributed by atoms with van der Waals surface area (Å²) in [4.78, 5) is 0. The summed E-state index contributed by atoms with van der Waals surface area (Å²) in [7, 11) is 0. The Bertz CT molecular complexity index is 377. The molecule has 0 aromatic carbocycles. The second kappa shape index (κ2) is 7.21. The van der Waals surface area contributed by atoms with Gasteiger partial charge in [-0.25, -0.2) is 0 Å². The Labute approximate surface area is 130 Å². The molecular formula is C12H22O11. The Morgan fingerprint density at radius 3 is 1.52 bits per heavy atom. The molecular weight excluding hydrogens is 320 g/mol. The highest BCUT2D eigenvalue weighted by Gasteiger charge is 2.52. The van der Waals surface area contributed by atoms with E-state index in [1.54, 1.807) is 0 Å². The first-order valence-electron chi connectivity index (χ1n) is 7.07. The van der Waals surface area contributed by atoms with E-state index < -0.39 is 73.9 Å². The normalized spacial score (nSPS) is 54.9. The van der Waals surface area contributed by atoms with Crippen LogP contribution in [0.4, 0.5) is 0 Å². The molecule has 11 heteroatoms. The lowest BCUT2D eigenvalue weighted by Crippen LogP contribution is -2.67. The number of aliphatic hydroxyl groups excluding tert-OH is 9. The van der Waals surface area contributed by atoms with Crippen molar-refractivity contribution in [2.45, 2.75) is 67.3 Å². The quantitative estimate of drug-likeness (QED) is 0.236. The molecule has 23 heavy (non-hydrogen) atoms. The van der Waals surface area contributed by atoms with Crippen molar-refractivity contribution in [3.05, 3.63) is 0 Å². The van der Waals surface area contributed by atoms with Crippen molar-refractivity contribution < 1.29 is 55.4 Å². The molecule has 2 rings (SSSR count). The molecule has 7 unspecified atom stereocenters. The van der Waals surface area contributed by atoms with Gasteiger partial charge in [0, 0.05) is 0 Å². The Hall–Kier alpha value is -0.440. The molecule has 1 saturated heterocycles. The predicted molar refractivity (Wildman–Crippen MR) is 68.7 cm³/mol. The van der Waals surface area contributed by atoms with E-state index in [1.165, 1.54) is 0 Å². The zero-order valence-corrected chi connectivity index (χ0v) is 11.9. The molecule has 1 saturated carbocycles. The highest BCUT2D eigenvalue weighted by atomic mass is 16.7. The van der Waals surface area contributed by atoms with Crippen molar-refractivity contribution >= 4 is 0 Å². The third kappa shape index (κ3) is 3.36. The van der Waals surface area contributed by atoms with Crippen molar-refractivity contribution in [2.24, 2.45) is 0 Å². The van der Waals surface area contributed by atoms with Gasteiger partial charge in [-0.3, -0.25) is 0 Å². The molecule has 0 amide bonds. The fourth-order valence-electron chi connectivity index (χ4n) is 2.69. The first-order valence-corrected chi connectivity index (χ1v) is 7.07. The van der Waals surface area contributed by atoms with Gasteiger partial charge in [-0.05, 0) is 0 Å². The summed E-state index contributed by atoms with van der Waals surface area (Å²) >= 11 is 0. The van der Waals surface area contributed by atoms with Gasteiger partial charge in [0.25, 0.3) is 0 Å². The Balaban J connectivity index is 2.13. The van der Waals surface area contributed by atoms with E-state index in [-0.39, 0.29) is 0 Å². The van der Waals surface area contributed by atoms with Gasteiger partial charge in [-0.1, -0.05) is 0 Å². The van der Waals surface area contributed by atoms with Gasteiger partial charge >= 0.3 is 0 Å². The van der Waals surface area contributed by atoms with E-state index in [0.29, 0.717) is 0 Å². The Morgan fingerprint density at radius 2 is 1.04 bits per heavy atom. The van der Waals surface area contributed by atoms with Gasteiger partial charge in [-0.15, -0.1) is 0 Å². The molecule has 0 spiro atoms. The second-order valence-corrected chi connectivity index (χ2v) is 5.75. The maximum atomic E-state index is 9.85. The molecule has 11 atom stereocenters. The van der Waals surface area contributed by atoms with E-state index in [9.17, 15) is 40.9 Å². The van der Waals surface area contributed by atoms with E-state index in [4.69, 9.17) is 14.6 Å². The number of rotatable bonds is 3. The molecule has 0 aromatic heterocycles. The molecule has 2 fully saturated rings. The summed E-state index contributed by atoms with van der Waals surface area (Å²) < 4.78 is 10.2. The highest BCUT2D eigenvalue weighted by molar-refractivity contribution is 5.00. The Kier molecular flexibility index (Phi) is 5.92. The van der Waals surface area contributed by atoms with E-state index >= 15 is 0 Å². The standard InChI is InChI=1S/C12H22O11/c13-1-2-3(14)4(15)10(21)12(22-2)23-11-8(19)6(17)5(16)7(18)9(11)20/h2-21H,1H2/t2?,3-,4+,5?,6?,7?,8-,9?,10?,11?,12-/m0/s1. The van der Waals surface area contributed by atoms with Crippen LogP contribution in [0, 0.1) is 0 Å². The first-order chi connectivity index (χ1) is 10.7.